The van der Waals surface area contributed by atoms with E-state index in [9.17, 15) is 14.0 Å². The molecule has 2 aromatic carbocycles. The molecule has 156 valence electrons. The third-order valence-corrected chi connectivity index (χ3v) is 5.45. The van der Waals surface area contributed by atoms with Gasteiger partial charge < -0.3 is 19.0 Å². The Morgan fingerprint density at radius 1 is 1.03 bits per heavy atom. The normalized spacial score (nSPS) is 15.3. The number of hydrogen-bond acceptors (Lipinski definition) is 5. The summed E-state index contributed by atoms with van der Waals surface area (Å²) in [6.45, 7) is 5.71. The molecule has 1 amide bonds. The summed E-state index contributed by atoms with van der Waals surface area (Å²) in [6, 6.07) is 14.5. The maximum Gasteiger partial charge on any atom is 0.375 e. The van der Waals surface area contributed by atoms with Gasteiger partial charge in [0.15, 0.2) is 17.5 Å². The highest BCUT2D eigenvalue weighted by Crippen LogP contribution is 2.28. The molecule has 4 rings (SSSR count). The molecule has 6 nitrogen and oxygen atoms in total. The van der Waals surface area contributed by atoms with Crippen molar-refractivity contribution in [2.24, 2.45) is 0 Å². The van der Waals surface area contributed by atoms with E-state index in [1.54, 1.807) is 30.9 Å². The Labute approximate surface area is 173 Å². The van der Waals surface area contributed by atoms with Crippen LogP contribution in [-0.4, -0.2) is 49.1 Å². The summed E-state index contributed by atoms with van der Waals surface area (Å²) in [5.74, 6) is -1.65. The molecule has 0 aliphatic carbocycles. The quantitative estimate of drug-likeness (QED) is 0.613. The van der Waals surface area contributed by atoms with E-state index in [1.807, 2.05) is 30.3 Å². The lowest BCUT2D eigenvalue weighted by molar-refractivity contribution is -0.140. The van der Waals surface area contributed by atoms with Gasteiger partial charge in [-0.05, 0) is 32.0 Å². The number of carbonyl (C=O) groups excluding carboxylic acids is 2. The summed E-state index contributed by atoms with van der Waals surface area (Å²) < 4.78 is 24.7. The Morgan fingerprint density at radius 2 is 1.73 bits per heavy atom. The minimum absolute atomic E-state index is 0.0120. The molecule has 0 bridgehead atoms. The van der Waals surface area contributed by atoms with E-state index in [0.717, 1.165) is 5.69 Å². The van der Waals surface area contributed by atoms with Gasteiger partial charge in [0.1, 0.15) is 0 Å². The number of para-hydroxylation sites is 2. The lowest BCUT2D eigenvalue weighted by Gasteiger charge is -2.36. The first-order valence-electron chi connectivity index (χ1n) is 9.93. The molecular weight excluding hydrogens is 387 g/mol. The second-order valence-corrected chi connectivity index (χ2v) is 7.37. The van der Waals surface area contributed by atoms with Gasteiger partial charge >= 0.3 is 5.97 Å². The number of piperazine rings is 1. The molecule has 0 spiro atoms. The van der Waals surface area contributed by atoms with Crippen LogP contribution in [0, 0.1) is 12.7 Å². The van der Waals surface area contributed by atoms with E-state index in [-0.39, 0.29) is 17.3 Å². The van der Waals surface area contributed by atoms with Crippen LogP contribution >= 0.6 is 0 Å². The minimum atomic E-state index is -0.960. The van der Waals surface area contributed by atoms with Gasteiger partial charge in [-0.3, -0.25) is 4.79 Å². The largest absolute Gasteiger partial charge is 0.447 e. The molecule has 0 saturated carbocycles. The van der Waals surface area contributed by atoms with E-state index in [4.69, 9.17) is 9.15 Å². The van der Waals surface area contributed by atoms with Crippen LogP contribution in [0.4, 0.5) is 10.1 Å². The molecule has 1 unspecified atom stereocenters. The smallest absolute Gasteiger partial charge is 0.375 e. The molecule has 30 heavy (non-hydrogen) atoms. The average Bonchev–Trinajstić information content (AvgIpc) is 3.12. The predicted molar refractivity (Wildman–Crippen MR) is 111 cm³/mol. The van der Waals surface area contributed by atoms with Gasteiger partial charge in [0.25, 0.3) is 5.91 Å². The van der Waals surface area contributed by atoms with Crippen LogP contribution in [0.2, 0.25) is 0 Å². The van der Waals surface area contributed by atoms with Crippen molar-refractivity contribution in [3.8, 4) is 0 Å². The molecule has 1 saturated heterocycles. The molecule has 1 aliphatic rings. The highest BCUT2D eigenvalue weighted by Gasteiger charge is 2.29. The lowest BCUT2D eigenvalue weighted by Crippen LogP contribution is -2.51. The number of halogens is 1. The highest BCUT2D eigenvalue weighted by molar-refractivity contribution is 5.97. The van der Waals surface area contributed by atoms with Gasteiger partial charge in [-0.25, -0.2) is 9.18 Å². The highest BCUT2D eigenvalue weighted by atomic mass is 19.1. The van der Waals surface area contributed by atoms with Gasteiger partial charge in [0.05, 0.1) is 0 Å². The second kappa shape index (κ2) is 8.18. The fraction of sp³-hybridized carbons (Fsp3) is 0.304. The molecule has 2 heterocycles. The number of rotatable bonds is 4. The van der Waals surface area contributed by atoms with Gasteiger partial charge in [-0.1, -0.05) is 30.3 Å². The van der Waals surface area contributed by atoms with Gasteiger partial charge in [-0.2, -0.15) is 0 Å². The van der Waals surface area contributed by atoms with E-state index >= 15 is 0 Å². The van der Waals surface area contributed by atoms with Crippen molar-refractivity contribution in [2.75, 3.05) is 31.1 Å². The van der Waals surface area contributed by atoms with Gasteiger partial charge in [0.2, 0.25) is 5.76 Å². The number of esters is 1. The number of ether oxygens (including phenoxy) is 1. The Kier molecular flexibility index (Phi) is 5.44. The molecule has 0 N–H and O–H groups in total. The first kappa shape index (κ1) is 19.9. The van der Waals surface area contributed by atoms with Crippen molar-refractivity contribution >= 4 is 28.5 Å². The first-order chi connectivity index (χ1) is 14.5. The molecule has 1 atom stereocenters. The molecule has 1 aromatic heterocycles. The van der Waals surface area contributed by atoms with Crippen LogP contribution in [0.3, 0.4) is 0 Å². The lowest BCUT2D eigenvalue weighted by atomic mass is 10.1. The van der Waals surface area contributed by atoms with Crippen LogP contribution in [0.25, 0.3) is 11.0 Å². The van der Waals surface area contributed by atoms with Crippen molar-refractivity contribution in [1.82, 2.24) is 4.90 Å². The number of carbonyl (C=O) groups is 2. The van der Waals surface area contributed by atoms with Crippen molar-refractivity contribution < 1.29 is 23.1 Å². The van der Waals surface area contributed by atoms with Crippen molar-refractivity contribution in [3.05, 3.63) is 65.7 Å². The zero-order valence-electron chi connectivity index (χ0n) is 16.9. The number of nitrogens with zero attached hydrogens (tertiary/aromatic N) is 2. The van der Waals surface area contributed by atoms with Gasteiger partial charge in [-0.15, -0.1) is 0 Å². The number of amides is 1. The van der Waals surface area contributed by atoms with E-state index in [2.05, 4.69) is 4.90 Å². The number of fused-ring (bicyclic) bond motifs is 1. The fourth-order valence-electron chi connectivity index (χ4n) is 3.75. The monoisotopic (exact) mass is 410 g/mol. The Balaban J connectivity index is 1.39. The number of furan rings is 1. The third kappa shape index (κ3) is 3.75. The maximum atomic E-state index is 13.9. The van der Waals surface area contributed by atoms with Crippen molar-refractivity contribution in [2.45, 2.75) is 20.0 Å². The molecule has 7 heteroatoms. The van der Waals surface area contributed by atoms with Crippen LogP contribution in [0.1, 0.15) is 23.0 Å². The minimum Gasteiger partial charge on any atom is -0.447 e. The fourth-order valence-corrected chi connectivity index (χ4v) is 3.75. The molecule has 1 fully saturated rings. The van der Waals surface area contributed by atoms with Crippen LogP contribution in [0.5, 0.6) is 0 Å². The maximum absolute atomic E-state index is 13.9. The SMILES string of the molecule is Cc1c(C(=O)OC(C)C(=O)N2CCN(c3ccccc3)CC2)oc2c(F)cccc12. The van der Waals surface area contributed by atoms with Crippen molar-refractivity contribution in [1.29, 1.82) is 0 Å². The molecule has 1 aliphatic heterocycles. The number of benzene rings is 2. The summed E-state index contributed by atoms with van der Waals surface area (Å²) in [7, 11) is 0. The summed E-state index contributed by atoms with van der Waals surface area (Å²) in [5, 5.41) is 0.512. The summed E-state index contributed by atoms with van der Waals surface area (Å²) >= 11 is 0. The van der Waals surface area contributed by atoms with E-state index in [0.29, 0.717) is 37.1 Å². The Morgan fingerprint density at radius 3 is 2.40 bits per heavy atom. The topological polar surface area (TPSA) is 63.0 Å². The molecule has 3 aromatic rings. The van der Waals surface area contributed by atoms with Crippen molar-refractivity contribution in [3.63, 3.8) is 0 Å². The average molecular weight is 410 g/mol. The van der Waals surface area contributed by atoms with E-state index < -0.39 is 17.9 Å². The number of hydrogen-bond donors (Lipinski definition) is 0. The Bertz CT molecular complexity index is 1070. The molecular formula is C23H23FN2O4. The Hall–Kier alpha value is -3.35. The summed E-state index contributed by atoms with van der Waals surface area (Å²) in [4.78, 5) is 29.2. The third-order valence-electron chi connectivity index (χ3n) is 5.45. The second-order valence-electron chi connectivity index (χ2n) is 7.37. The molecule has 0 radical (unpaired) electrons. The number of aryl methyl sites for hydroxylation is 1. The predicted octanol–water partition coefficient (Wildman–Crippen LogP) is 3.77. The van der Waals surface area contributed by atoms with Crippen LogP contribution < -0.4 is 4.90 Å². The first-order valence-corrected chi connectivity index (χ1v) is 9.93. The summed E-state index contributed by atoms with van der Waals surface area (Å²) in [5.41, 5.74) is 1.63. The standard InChI is InChI=1S/C23H23FN2O4/c1-15-18-9-6-10-19(24)21(18)30-20(15)23(28)29-16(2)22(27)26-13-11-25(12-14-26)17-7-4-3-5-8-17/h3-10,16H,11-14H2,1-2H3. The van der Waals surface area contributed by atoms with Crippen LogP contribution in [-0.2, 0) is 9.53 Å². The zero-order valence-corrected chi connectivity index (χ0v) is 16.9. The summed E-state index contributed by atoms with van der Waals surface area (Å²) in [6.07, 6.45) is -0.960. The zero-order chi connectivity index (χ0) is 21.3. The van der Waals surface area contributed by atoms with E-state index in [1.165, 1.54) is 6.07 Å². The number of anilines is 1. The van der Waals surface area contributed by atoms with Crippen LogP contribution in [0.15, 0.2) is 52.9 Å². The van der Waals surface area contributed by atoms with Gasteiger partial charge in [0, 0.05) is 42.8 Å².